The number of aromatic carboxylic acids is 1. The van der Waals surface area contributed by atoms with Gasteiger partial charge >= 0.3 is 12.0 Å². The summed E-state index contributed by atoms with van der Waals surface area (Å²) >= 11 is 0. The van der Waals surface area contributed by atoms with Gasteiger partial charge in [0.1, 0.15) is 5.82 Å². The highest BCUT2D eigenvalue weighted by molar-refractivity contribution is 5.85. The van der Waals surface area contributed by atoms with Crippen LogP contribution in [0.4, 0.5) is 0 Å². The minimum atomic E-state index is -1.11. The molecule has 0 saturated heterocycles. The Morgan fingerprint density at radius 2 is 2.28 bits per heavy atom. The lowest BCUT2D eigenvalue weighted by atomic mass is 10.4. The van der Waals surface area contributed by atoms with E-state index >= 15 is 0 Å². The van der Waals surface area contributed by atoms with Crippen molar-refractivity contribution in [2.24, 2.45) is 7.05 Å². The summed E-state index contributed by atoms with van der Waals surface area (Å²) in [5.41, 5.74) is -0.0861. The fourth-order valence-electron chi connectivity index (χ4n) is 1.40. The molecule has 18 heavy (non-hydrogen) atoms. The molecule has 0 bridgehead atoms. The average Bonchev–Trinajstić information content (AvgIpc) is 2.76. The summed E-state index contributed by atoms with van der Waals surface area (Å²) in [7, 11) is 1.89. The molecule has 2 aromatic rings. The zero-order valence-corrected chi connectivity index (χ0v) is 9.78. The Morgan fingerprint density at radius 1 is 1.44 bits per heavy atom. The fourth-order valence-corrected chi connectivity index (χ4v) is 1.40. The molecule has 2 rings (SSSR count). The van der Waals surface area contributed by atoms with Gasteiger partial charge < -0.3 is 14.4 Å². The van der Waals surface area contributed by atoms with Crippen LogP contribution in [0.3, 0.4) is 0 Å². The highest BCUT2D eigenvalue weighted by Crippen LogP contribution is 2.04. The van der Waals surface area contributed by atoms with E-state index in [1.54, 1.807) is 6.20 Å². The molecule has 0 aliphatic carbocycles. The molecule has 7 heteroatoms. The van der Waals surface area contributed by atoms with E-state index in [-0.39, 0.29) is 11.7 Å². The van der Waals surface area contributed by atoms with Gasteiger partial charge in [0.2, 0.25) is 0 Å². The lowest BCUT2D eigenvalue weighted by Crippen LogP contribution is -2.09. The van der Waals surface area contributed by atoms with E-state index in [0.717, 1.165) is 5.82 Å². The lowest BCUT2D eigenvalue weighted by molar-refractivity contribution is 0.0688. The molecule has 2 heterocycles. The third kappa shape index (κ3) is 2.82. The summed E-state index contributed by atoms with van der Waals surface area (Å²) in [6.45, 7) is 0.341. The van der Waals surface area contributed by atoms with Gasteiger partial charge in [0.15, 0.2) is 5.69 Å². The maximum absolute atomic E-state index is 10.7. The molecule has 2 aromatic heterocycles. The molecule has 7 nitrogen and oxygen atoms in total. The van der Waals surface area contributed by atoms with Gasteiger partial charge in [0, 0.05) is 32.1 Å². The number of aromatic nitrogens is 4. The van der Waals surface area contributed by atoms with Crippen LogP contribution in [0.1, 0.15) is 16.3 Å². The van der Waals surface area contributed by atoms with Crippen LogP contribution in [0.25, 0.3) is 0 Å². The van der Waals surface area contributed by atoms with E-state index in [1.807, 2.05) is 17.8 Å². The van der Waals surface area contributed by atoms with Crippen molar-refractivity contribution in [1.29, 1.82) is 0 Å². The lowest BCUT2D eigenvalue weighted by Gasteiger charge is -2.04. The van der Waals surface area contributed by atoms with Gasteiger partial charge in [-0.3, -0.25) is 0 Å². The second-order valence-corrected chi connectivity index (χ2v) is 3.58. The molecule has 0 saturated carbocycles. The molecule has 1 N–H and O–H groups in total. The van der Waals surface area contributed by atoms with Gasteiger partial charge in [-0.15, -0.1) is 0 Å². The quantitative estimate of drug-likeness (QED) is 0.830. The molecule has 0 aromatic carbocycles. The van der Waals surface area contributed by atoms with Crippen molar-refractivity contribution >= 4 is 5.97 Å². The number of hydrogen-bond acceptors (Lipinski definition) is 5. The largest absolute Gasteiger partial charge is 0.477 e. The number of carboxylic acid groups (broad SMARTS) is 1. The fraction of sp³-hybridized carbons (Fsp3) is 0.273. The standard InChI is InChI=1S/C11H12N4O3/c1-15-6-5-12-9(15)3-7-18-11-13-4-2-8(14-11)10(16)17/h2,4-6H,3,7H2,1H3,(H,16,17). The molecular weight excluding hydrogens is 236 g/mol. The van der Waals surface area contributed by atoms with Gasteiger partial charge in [0.25, 0.3) is 0 Å². The first kappa shape index (κ1) is 12.0. The van der Waals surface area contributed by atoms with E-state index < -0.39 is 5.97 Å². The van der Waals surface area contributed by atoms with E-state index in [2.05, 4.69) is 15.0 Å². The van der Waals surface area contributed by atoms with Crippen LogP contribution >= 0.6 is 0 Å². The van der Waals surface area contributed by atoms with Crippen molar-refractivity contribution in [3.63, 3.8) is 0 Å². The number of hydrogen-bond donors (Lipinski definition) is 1. The molecule has 0 unspecified atom stereocenters. The normalized spacial score (nSPS) is 10.3. The number of aryl methyl sites for hydroxylation is 1. The number of rotatable bonds is 5. The van der Waals surface area contributed by atoms with Crippen molar-refractivity contribution in [2.45, 2.75) is 6.42 Å². The van der Waals surface area contributed by atoms with Gasteiger partial charge in [0.05, 0.1) is 6.61 Å². The number of carbonyl (C=O) groups is 1. The first-order chi connectivity index (χ1) is 8.66. The highest BCUT2D eigenvalue weighted by Gasteiger charge is 2.07. The SMILES string of the molecule is Cn1ccnc1CCOc1nccc(C(=O)O)n1. The minimum Gasteiger partial charge on any atom is -0.477 e. The summed E-state index contributed by atoms with van der Waals surface area (Å²) < 4.78 is 7.17. The predicted octanol–water partition coefficient (Wildman–Crippen LogP) is 0.530. The maximum atomic E-state index is 10.7. The summed E-state index contributed by atoms with van der Waals surface area (Å²) in [5.74, 6) is -0.226. The van der Waals surface area contributed by atoms with Crippen molar-refractivity contribution in [3.05, 3.63) is 36.2 Å². The predicted molar refractivity (Wildman–Crippen MR) is 61.4 cm³/mol. The van der Waals surface area contributed by atoms with Crippen LogP contribution in [0.15, 0.2) is 24.7 Å². The zero-order chi connectivity index (χ0) is 13.0. The molecular formula is C11H12N4O3. The van der Waals surface area contributed by atoms with Crippen LogP contribution in [0, 0.1) is 0 Å². The second-order valence-electron chi connectivity index (χ2n) is 3.58. The Balaban J connectivity index is 1.92. The first-order valence-electron chi connectivity index (χ1n) is 5.32. The van der Waals surface area contributed by atoms with E-state index in [4.69, 9.17) is 9.84 Å². The van der Waals surface area contributed by atoms with Crippen molar-refractivity contribution in [3.8, 4) is 6.01 Å². The van der Waals surface area contributed by atoms with E-state index in [9.17, 15) is 4.79 Å². The molecule has 94 valence electrons. The van der Waals surface area contributed by atoms with Gasteiger partial charge in [-0.05, 0) is 6.07 Å². The molecule has 0 aliphatic heterocycles. The second kappa shape index (κ2) is 5.26. The Kier molecular flexibility index (Phi) is 3.52. The summed E-state index contributed by atoms with van der Waals surface area (Å²) in [4.78, 5) is 22.4. The number of nitrogens with zero attached hydrogens (tertiary/aromatic N) is 4. The van der Waals surface area contributed by atoms with Crippen LogP contribution < -0.4 is 4.74 Å². The number of carboxylic acids is 1. The van der Waals surface area contributed by atoms with Crippen LogP contribution in [0.5, 0.6) is 6.01 Å². The molecule has 0 radical (unpaired) electrons. The van der Waals surface area contributed by atoms with Crippen molar-refractivity contribution in [2.75, 3.05) is 6.61 Å². The topological polar surface area (TPSA) is 90.1 Å². The molecule has 0 fully saturated rings. The number of imidazole rings is 1. The Morgan fingerprint density at radius 3 is 2.94 bits per heavy atom. The molecule has 0 atom stereocenters. The van der Waals surface area contributed by atoms with Gasteiger partial charge in [-0.1, -0.05) is 0 Å². The first-order valence-corrected chi connectivity index (χ1v) is 5.32. The summed E-state index contributed by atoms with van der Waals surface area (Å²) in [6.07, 6.45) is 5.50. The van der Waals surface area contributed by atoms with Crippen molar-refractivity contribution in [1.82, 2.24) is 19.5 Å². The smallest absolute Gasteiger partial charge is 0.354 e. The maximum Gasteiger partial charge on any atom is 0.354 e. The highest BCUT2D eigenvalue weighted by atomic mass is 16.5. The van der Waals surface area contributed by atoms with Crippen molar-refractivity contribution < 1.29 is 14.6 Å². The molecule has 0 aliphatic rings. The average molecular weight is 248 g/mol. The van der Waals surface area contributed by atoms with Crippen LogP contribution in [-0.4, -0.2) is 37.2 Å². The Hall–Kier alpha value is -2.44. The number of ether oxygens (including phenoxy) is 1. The summed E-state index contributed by atoms with van der Waals surface area (Å²) in [5, 5.41) is 8.76. The van der Waals surface area contributed by atoms with Gasteiger partial charge in [-0.2, -0.15) is 4.98 Å². The molecule has 0 amide bonds. The van der Waals surface area contributed by atoms with E-state index in [0.29, 0.717) is 13.0 Å². The van der Waals surface area contributed by atoms with Crippen LogP contribution in [-0.2, 0) is 13.5 Å². The van der Waals surface area contributed by atoms with E-state index in [1.165, 1.54) is 12.3 Å². The molecule has 0 spiro atoms. The Labute approximate surface area is 103 Å². The monoisotopic (exact) mass is 248 g/mol. The third-order valence-electron chi connectivity index (χ3n) is 2.33. The Bertz CT molecular complexity index is 553. The van der Waals surface area contributed by atoms with Gasteiger partial charge in [-0.25, -0.2) is 14.8 Å². The summed E-state index contributed by atoms with van der Waals surface area (Å²) in [6, 6.07) is 1.37. The third-order valence-corrected chi connectivity index (χ3v) is 2.33. The van der Waals surface area contributed by atoms with Crippen LogP contribution in [0.2, 0.25) is 0 Å². The minimum absolute atomic E-state index is 0.0594. The zero-order valence-electron chi connectivity index (χ0n) is 9.78.